The molecule has 4 rings (SSSR count). The van der Waals surface area contributed by atoms with Gasteiger partial charge in [0.05, 0.1) is 0 Å². The maximum absolute atomic E-state index is 4.99. The molecule has 0 aromatic rings. The van der Waals surface area contributed by atoms with Gasteiger partial charge < -0.3 is 0 Å². The summed E-state index contributed by atoms with van der Waals surface area (Å²) in [7, 11) is 2.01. The van der Waals surface area contributed by atoms with Gasteiger partial charge in [0.2, 0.25) is 0 Å². The fourth-order valence-corrected chi connectivity index (χ4v) is 12.9. The van der Waals surface area contributed by atoms with Crippen LogP contribution in [0.3, 0.4) is 0 Å². The molecular weight excluding hydrogens is 321 g/mol. The van der Waals surface area contributed by atoms with Gasteiger partial charge in [-0.25, -0.2) is 0 Å². The first-order chi connectivity index (χ1) is 11.7. The monoisotopic (exact) mass is 361 g/mol. The Morgan fingerprint density at radius 3 is 2.36 bits per heavy atom. The van der Waals surface area contributed by atoms with E-state index in [1.54, 1.807) is 0 Å². The van der Waals surface area contributed by atoms with Crippen LogP contribution < -0.4 is 0 Å². The lowest BCUT2D eigenvalue weighted by Gasteiger charge is -2.66. The topological polar surface area (TPSA) is 12.4 Å². The molecule has 4 aliphatic rings. The van der Waals surface area contributed by atoms with E-state index in [0.29, 0.717) is 16.0 Å². The van der Waals surface area contributed by atoms with Crippen molar-refractivity contribution < 1.29 is 0 Å². The molecule has 0 aromatic carbocycles. The Morgan fingerprint density at radius 2 is 1.64 bits per heavy atom. The van der Waals surface area contributed by atoms with E-state index >= 15 is 0 Å². The SMILES string of the molecule is C=P12CCCCC1(C)[C@H]1CCC3(C)C(/C(C)=N/C)CCC3(C)C1CC2. The number of fused-ring (bicyclic) bond motifs is 5. The van der Waals surface area contributed by atoms with E-state index in [1.165, 1.54) is 69.4 Å². The van der Waals surface area contributed by atoms with Crippen LogP contribution in [0.25, 0.3) is 0 Å². The van der Waals surface area contributed by atoms with Crippen LogP contribution >= 0.6 is 6.89 Å². The van der Waals surface area contributed by atoms with E-state index in [1.807, 2.05) is 7.05 Å². The van der Waals surface area contributed by atoms with Crippen molar-refractivity contribution in [2.75, 3.05) is 19.4 Å². The smallest absolute Gasteiger partial charge is 0.0276 e. The predicted octanol–water partition coefficient (Wildman–Crippen LogP) is 6.32. The minimum atomic E-state index is -0.971. The summed E-state index contributed by atoms with van der Waals surface area (Å²) in [5.41, 5.74) is 2.42. The number of aliphatic imine (C=N–C) groups is 1. The summed E-state index contributed by atoms with van der Waals surface area (Å²) in [5.74, 6) is 2.63. The third kappa shape index (κ3) is 2.17. The molecule has 4 fully saturated rings. The molecule has 6 unspecified atom stereocenters. The highest BCUT2D eigenvalue weighted by Gasteiger charge is 2.66. The molecule has 0 N–H and O–H groups in total. The summed E-state index contributed by atoms with van der Waals surface area (Å²) in [4.78, 5) is 4.64. The van der Waals surface area contributed by atoms with Gasteiger partial charge in [0.15, 0.2) is 0 Å². The molecule has 0 aromatic heterocycles. The Morgan fingerprint density at radius 1 is 0.920 bits per heavy atom. The summed E-state index contributed by atoms with van der Waals surface area (Å²) in [6, 6.07) is 0. The van der Waals surface area contributed by atoms with E-state index in [0.717, 1.165) is 17.8 Å². The van der Waals surface area contributed by atoms with E-state index < -0.39 is 6.89 Å². The molecule has 0 radical (unpaired) electrons. The predicted molar refractivity (Wildman–Crippen MR) is 115 cm³/mol. The van der Waals surface area contributed by atoms with Gasteiger partial charge in [0.25, 0.3) is 0 Å². The lowest BCUT2D eigenvalue weighted by molar-refractivity contribution is -0.0727. The van der Waals surface area contributed by atoms with Crippen LogP contribution in [0.15, 0.2) is 4.99 Å². The first-order valence-electron chi connectivity index (χ1n) is 10.9. The molecule has 25 heavy (non-hydrogen) atoms. The zero-order chi connectivity index (χ0) is 18.1. The van der Waals surface area contributed by atoms with Crippen LogP contribution in [0.5, 0.6) is 0 Å². The number of nitrogens with zero attached hydrogens (tertiary/aromatic N) is 1. The van der Waals surface area contributed by atoms with Crippen molar-refractivity contribution in [2.24, 2.45) is 33.6 Å². The molecular formula is C23H40NP. The highest BCUT2D eigenvalue weighted by Crippen LogP contribution is 2.77. The second-order valence-electron chi connectivity index (χ2n) is 10.7. The van der Waals surface area contributed by atoms with Crippen molar-refractivity contribution in [1.29, 1.82) is 0 Å². The van der Waals surface area contributed by atoms with Crippen LogP contribution in [0.4, 0.5) is 0 Å². The second-order valence-corrected chi connectivity index (χ2v) is 14.9. The summed E-state index contributed by atoms with van der Waals surface area (Å²) < 4.78 is 0. The Balaban J connectivity index is 1.73. The molecule has 2 saturated carbocycles. The van der Waals surface area contributed by atoms with Crippen molar-refractivity contribution in [2.45, 2.75) is 84.2 Å². The quantitative estimate of drug-likeness (QED) is 0.383. The molecule has 2 heterocycles. The third-order valence-electron chi connectivity index (χ3n) is 10.4. The number of hydrogen-bond donors (Lipinski definition) is 0. The summed E-state index contributed by atoms with van der Waals surface area (Å²) in [6.45, 7) is 9.35. The second kappa shape index (κ2) is 5.73. The summed E-state index contributed by atoms with van der Waals surface area (Å²) in [5, 5.41) is 0.602. The first-order valence-corrected chi connectivity index (χ1v) is 13.2. The molecule has 2 saturated heterocycles. The lowest BCUT2D eigenvalue weighted by atomic mass is 9.47. The molecule has 142 valence electrons. The zero-order valence-corrected chi connectivity index (χ0v) is 18.3. The largest absolute Gasteiger partial charge is 0.297 e. The highest BCUT2D eigenvalue weighted by atomic mass is 31.2. The minimum Gasteiger partial charge on any atom is -0.297 e. The molecule has 0 amide bonds. The third-order valence-corrected chi connectivity index (χ3v) is 15.4. The van der Waals surface area contributed by atoms with E-state index in [2.05, 4.69) is 32.7 Å². The van der Waals surface area contributed by atoms with Gasteiger partial charge in [-0.15, -0.1) is 13.2 Å². The Labute approximate surface area is 156 Å². The zero-order valence-electron chi connectivity index (χ0n) is 17.4. The van der Waals surface area contributed by atoms with Crippen molar-refractivity contribution >= 4 is 18.9 Å². The molecule has 2 aliphatic carbocycles. The summed E-state index contributed by atoms with van der Waals surface area (Å²) >= 11 is 0. The molecule has 2 heteroatoms. The van der Waals surface area contributed by atoms with Gasteiger partial charge in [0, 0.05) is 18.7 Å². The van der Waals surface area contributed by atoms with Gasteiger partial charge in [-0.1, -0.05) is 27.2 Å². The summed E-state index contributed by atoms with van der Waals surface area (Å²) in [6.07, 6.45) is 19.6. The average Bonchev–Trinajstić information content (AvgIpc) is 2.86. The Bertz CT molecular complexity index is 636. The fourth-order valence-electron chi connectivity index (χ4n) is 8.39. The van der Waals surface area contributed by atoms with E-state index in [4.69, 9.17) is 6.30 Å². The van der Waals surface area contributed by atoms with Gasteiger partial charge in [-0.3, -0.25) is 4.99 Å². The van der Waals surface area contributed by atoms with Gasteiger partial charge >= 0.3 is 0 Å². The van der Waals surface area contributed by atoms with Crippen LogP contribution in [0.1, 0.15) is 79.1 Å². The minimum absolute atomic E-state index is 0.475. The molecule has 7 atom stereocenters. The molecule has 2 aliphatic heterocycles. The Kier molecular flexibility index (Phi) is 4.21. The molecule has 0 bridgehead atoms. The maximum atomic E-state index is 4.99. The highest BCUT2D eigenvalue weighted by molar-refractivity contribution is 7.75. The van der Waals surface area contributed by atoms with Gasteiger partial charge in [0.1, 0.15) is 0 Å². The normalized spacial score (nSPS) is 56.0. The van der Waals surface area contributed by atoms with E-state index in [9.17, 15) is 0 Å². The van der Waals surface area contributed by atoms with Crippen LogP contribution in [-0.2, 0) is 0 Å². The average molecular weight is 362 g/mol. The van der Waals surface area contributed by atoms with Gasteiger partial charge in [-0.05, 0) is 92.0 Å². The van der Waals surface area contributed by atoms with E-state index in [-0.39, 0.29) is 0 Å². The van der Waals surface area contributed by atoms with Crippen molar-refractivity contribution in [1.82, 2.24) is 0 Å². The number of hydrogen-bond acceptors (Lipinski definition) is 1. The van der Waals surface area contributed by atoms with Gasteiger partial charge in [-0.2, -0.15) is 0 Å². The van der Waals surface area contributed by atoms with Crippen molar-refractivity contribution in [3.8, 4) is 0 Å². The lowest BCUT2D eigenvalue weighted by Crippen LogP contribution is -2.58. The van der Waals surface area contributed by atoms with Crippen LogP contribution in [0, 0.1) is 28.6 Å². The fraction of sp³-hybridized carbons (Fsp3) is 0.913. The van der Waals surface area contributed by atoms with Crippen LogP contribution in [0.2, 0.25) is 0 Å². The Hall–Kier alpha value is -0.0300. The van der Waals surface area contributed by atoms with Crippen molar-refractivity contribution in [3.63, 3.8) is 0 Å². The standard InChI is InChI=1S/C23H40NP/c1-17(24-5)18-9-13-22(3)19-11-16-25(6)15-8-7-12-23(25,4)20(19)10-14-21(18,22)2/h18-20H,6-16H2,1-5H3/b24-17+/t18?,19?,20-,21?,22?,23?,25?/m0/s1. The van der Waals surface area contributed by atoms with Crippen molar-refractivity contribution in [3.05, 3.63) is 0 Å². The molecule has 0 spiro atoms. The number of rotatable bonds is 1. The van der Waals surface area contributed by atoms with Crippen LogP contribution in [-0.4, -0.2) is 36.5 Å². The molecule has 1 nitrogen and oxygen atoms in total. The first kappa shape index (κ1) is 18.3. The maximum Gasteiger partial charge on any atom is 0.0276 e.